The first-order valence-electron chi connectivity index (χ1n) is 8.21. The van der Waals surface area contributed by atoms with Crippen LogP contribution in [-0.2, 0) is 4.79 Å². The van der Waals surface area contributed by atoms with Crippen molar-refractivity contribution in [1.82, 2.24) is 14.3 Å². The molecule has 0 unspecified atom stereocenters. The number of carbonyl (C=O) groups excluding carboxylic acids is 2. The minimum absolute atomic E-state index is 0.0708. The van der Waals surface area contributed by atoms with Crippen molar-refractivity contribution in [2.24, 2.45) is 0 Å². The number of aromatic nitrogens is 2. The van der Waals surface area contributed by atoms with Crippen LogP contribution >= 0.6 is 11.3 Å². The van der Waals surface area contributed by atoms with Gasteiger partial charge in [0, 0.05) is 36.1 Å². The van der Waals surface area contributed by atoms with Crippen molar-refractivity contribution < 1.29 is 14.0 Å². The van der Waals surface area contributed by atoms with E-state index in [0.717, 1.165) is 16.2 Å². The van der Waals surface area contributed by atoms with Crippen LogP contribution in [0.25, 0.3) is 16.2 Å². The fourth-order valence-electron chi connectivity index (χ4n) is 2.67. The first-order valence-corrected chi connectivity index (χ1v) is 9.09. The van der Waals surface area contributed by atoms with Crippen molar-refractivity contribution in [1.29, 1.82) is 0 Å². The minimum Gasteiger partial charge on any atom is -0.459 e. The average molecular weight is 380 g/mol. The number of hydrogen-bond acceptors (Lipinski definition) is 5. The zero-order valence-corrected chi connectivity index (χ0v) is 15.3. The topological polar surface area (TPSA) is 79.9 Å². The highest BCUT2D eigenvalue weighted by molar-refractivity contribution is 7.15. The molecule has 4 aromatic rings. The molecule has 0 bridgehead atoms. The summed E-state index contributed by atoms with van der Waals surface area (Å²) in [6, 6.07) is 10.6. The van der Waals surface area contributed by atoms with Gasteiger partial charge in [-0.05, 0) is 24.3 Å². The van der Waals surface area contributed by atoms with E-state index < -0.39 is 0 Å². The quantitative estimate of drug-likeness (QED) is 0.576. The van der Waals surface area contributed by atoms with Crippen LogP contribution in [0, 0.1) is 0 Å². The minimum atomic E-state index is -0.342. The van der Waals surface area contributed by atoms with E-state index in [-0.39, 0.29) is 24.1 Å². The summed E-state index contributed by atoms with van der Waals surface area (Å²) >= 11 is 1.58. The molecule has 8 heteroatoms. The molecule has 0 radical (unpaired) electrons. The van der Waals surface area contributed by atoms with Crippen molar-refractivity contribution in [3.63, 3.8) is 0 Å². The molecule has 1 N–H and O–H groups in total. The first-order chi connectivity index (χ1) is 13.1. The van der Waals surface area contributed by atoms with Gasteiger partial charge in [0.05, 0.1) is 18.5 Å². The molecule has 7 nitrogen and oxygen atoms in total. The van der Waals surface area contributed by atoms with Crippen LogP contribution in [0.15, 0.2) is 64.9 Å². The molecular weight excluding hydrogens is 364 g/mol. The number of likely N-dealkylation sites (N-methyl/N-ethyl adjacent to an activating group) is 1. The molecular formula is C19H16N4O3S. The van der Waals surface area contributed by atoms with E-state index in [1.807, 2.05) is 46.4 Å². The zero-order chi connectivity index (χ0) is 18.8. The fourth-order valence-corrected chi connectivity index (χ4v) is 3.37. The third-order valence-corrected chi connectivity index (χ3v) is 4.79. The van der Waals surface area contributed by atoms with Crippen LogP contribution in [0.5, 0.6) is 0 Å². The number of anilines is 1. The van der Waals surface area contributed by atoms with Gasteiger partial charge in [-0.1, -0.05) is 12.1 Å². The molecule has 3 aromatic heterocycles. The van der Waals surface area contributed by atoms with Crippen molar-refractivity contribution in [2.75, 3.05) is 18.9 Å². The molecule has 2 amide bonds. The van der Waals surface area contributed by atoms with E-state index in [9.17, 15) is 9.59 Å². The lowest BCUT2D eigenvalue weighted by Gasteiger charge is -2.15. The van der Waals surface area contributed by atoms with Gasteiger partial charge in [0.15, 0.2) is 10.7 Å². The monoisotopic (exact) mass is 380 g/mol. The fraction of sp³-hybridized carbons (Fsp3) is 0.105. The Hall–Kier alpha value is -3.39. The lowest BCUT2D eigenvalue weighted by Crippen LogP contribution is -2.34. The Morgan fingerprint density at radius 1 is 1.26 bits per heavy atom. The first kappa shape index (κ1) is 17.0. The number of fused-ring (bicyclic) bond motifs is 1. The number of benzene rings is 1. The van der Waals surface area contributed by atoms with Gasteiger partial charge in [0.1, 0.15) is 0 Å². The number of amides is 2. The summed E-state index contributed by atoms with van der Waals surface area (Å²) in [6.07, 6.45) is 5.35. The van der Waals surface area contributed by atoms with Crippen LogP contribution in [0.2, 0.25) is 0 Å². The Bertz CT molecular complexity index is 1050. The van der Waals surface area contributed by atoms with Crippen LogP contribution in [0.1, 0.15) is 10.6 Å². The lowest BCUT2D eigenvalue weighted by atomic mass is 10.1. The molecule has 0 saturated heterocycles. The van der Waals surface area contributed by atoms with Gasteiger partial charge in [-0.3, -0.25) is 14.0 Å². The highest BCUT2D eigenvalue weighted by atomic mass is 32.1. The second-order valence-corrected chi connectivity index (χ2v) is 6.86. The van der Waals surface area contributed by atoms with E-state index in [1.165, 1.54) is 11.2 Å². The molecule has 0 saturated carbocycles. The zero-order valence-electron chi connectivity index (χ0n) is 14.5. The molecule has 1 aromatic carbocycles. The Labute approximate surface area is 158 Å². The number of nitrogens with zero attached hydrogens (tertiary/aromatic N) is 3. The van der Waals surface area contributed by atoms with Gasteiger partial charge in [0.25, 0.3) is 5.91 Å². The Morgan fingerprint density at radius 2 is 2.07 bits per heavy atom. The maximum absolute atomic E-state index is 12.2. The van der Waals surface area contributed by atoms with Gasteiger partial charge >= 0.3 is 0 Å². The van der Waals surface area contributed by atoms with Crippen molar-refractivity contribution in [3.8, 4) is 11.3 Å². The number of furan rings is 1. The number of nitrogens with one attached hydrogen (secondary N) is 1. The summed E-state index contributed by atoms with van der Waals surface area (Å²) in [4.78, 5) is 31.1. The van der Waals surface area contributed by atoms with Crippen molar-refractivity contribution in [3.05, 3.63) is 66.2 Å². The second-order valence-electron chi connectivity index (χ2n) is 5.98. The molecule has 4 rings (SSSR count). The third-order valence-electron chi connectivity index (χ3n) is 4.02. The summed E-state index contributed by atoms with van der Waals surface area (Å²) in [5.41, 5.74) is 2.50. The predicted octanol–water partition coefficient (Wildman–Crippen LogP) is 3.37. The highest BCUT2D eigenvalue weighted by Crippen LogP contribution is 2.23. The smallest absolute Gasteiger partial charge is 0.289 e. The standard InChI is InChI=1S/C19H16N4O3S/c1-22(18(25)16-3-2-9-26-16)12-17(24)20-14-6-4-13(5-7-14)15-11-23-8-10-27-19(23)21-15/h2-11H,12H2,1H3,(H,20,24). The third kappa shape index (κ3) is 3.61. The van der Waals surface area contributed by atoms with Crippen molar-refractivity contribution >= 4 is 33.8 Å². The van der Waals surface area contributed by atoms with Gasteiger partial charge in [-0.2, -0.15) is 0 Å². The largest absolute Gasteiger partial charge is 0.459 e. The number of rotatable bonds is 5. The molecule has 0 aliphatic heterocycles. The maximum Gasteiger partial charge on any atom is 0.289 e. The van der Waals surface area contributed by atoms with Gasteiger partial charge in [-0.25, -0.2) is 4.98 Å². The summed E-state index contributed by atoms with van der Waals surface area (Å²) in [7, 11) is 1.55. The molecule has 0 aliphatic carbocycles. The normalized spacial score (nSPS) is 10.9. The summed E-state index contributed by atoms with van der Waals surface area (Å²) < 4.78 is 7.03. The molecule has 0 atom stereocenters. The molecule has 0 aliphatic rings. The van der Waals surface area contributed by atoms with Gasteiger partial charge in [-0.15, -0.1) is 11.3 Å². The van der Waals surface area contributed by atoms with Crippen LogP contribution in [0.3, 0.4) is 0 Å². The van der Waals surface area contributed by atoms with Gasteiger partial charge < -0.3 is 14.6 Å². The summed E-state index contributed by atoms with van der Waals surface area (Å²) in [5, 5.41) is 4.77. The maximum atomic E-state index is 12.2. The predicted molar refractivity (Wildman–Crippen MR) is 103 cm³/mol. The SMILES string of the molecule is CN(CC(=O)Nc1ccc(-c2cn3ccsc3n2)cc1)C(=O)c1ccco1. The molecule has 136 valence electrons. The van der Waals surface area contributed by atoms with E-state index in [1.54, 1.807) is 30.5 Å². The summed E-state index contributed by atoms with van der Waals surface area (Å²) in [5.74, 6) is -0.424. The van der Waals surface area contributed by atoms with Crippen LogP contribution in [0.4, 0.5) is 5.69 Å². The molecule has 0 spiro atoms. The van der Waals surface area contributed by atoms with E-state index in [4.69, 9.17) is 4.42 Å². The number of thiazole rings is 1. The van der Waals surface area contributed by atoms with E-state index in [2.05, 4.69) is 10.3 Å². The Morgan fingerprint density at radius 3 is 2.78 bits per heavy atom. The molecule has 3 heterocycles. The van der Waals surface area contributed by atoms with Gasteiger partial charge in [0.2, 0.25) is 5.91 Å². The number of imidazole rings is 1. The van der Waals surface area contributed by atoms with Crippen LogP contribution < -0.4 is 5.32 Å². The lowest BCUT2D eigenvalue weighted by molar-refractivity contribution is -0.116. The Kier molecular flexibility index (Phi) is 4.47. The summed E-state index contributed by atoms with van der Waals surface area (Å²) in [6.45, 7) is -0.0708. The van der Waals surface area contributed by atoms with E-state index in [0.29, 0.717) is 5.69 Å². The number of carbonyl (C=O) groups is 2. The highest BCUT2D eigenvalue weighted by Gasteiger charge is 2.17. The van der Waals surface area contributed by atoms with Crippen molar-refractivity contribution in [2.45, 2.75) is 0 Å². The van der Waals surface area contributed by atoms with Crippen LogP contribution in [-0.4, -0.2) is 39.7 Å². The molecule has 0 fully saturated rings. The number of hydrogen-bond donors (Lipinski definition) is 1. The Balaban J connectivity index is 1.38. The molecule has 27 heavy (non-hydrogen) atoms. The average Bonchev–Trinajstić information content (AvgIpc) is 3.38. The van der Waals surface area contributed by atoms with E-state index >= 15 is 0 Å². The second kappa shape index (κ2) is 7.08.